The number of aryl methyl sites for hydroxylation is 2. The third-order valence-electron chi connectivity index (χ3n) is 4.94. The van der Waals surface area contributed by atoms with Gasteiger partial charge in [-0.2, -0.15) is 0 Å². The van der Waals surface area contributed by atoms with Crippen molar-refractivity contribution in [2.24, 2.45) is 0 Å². The molecule has 0 radical (unpaired) electrons. The van der Waals surface area contributed by atoms with Crippen LogP contribution in [-0.4, -0.2) is 0 Å². The van der Waals surface area contributed by atoms with Gasteiger partial charge in [0, 0.05) is 5.56 Å². The molecule has 0 aromatic heterocycles. The van der Waals surface area contributed by atoms with Gasteiger partial charge in [0.15, 0.2) is 0 Å². The SMILES string of the molecule is CCCCCCCCc1ccc(-c2ccc(CCCC)cc2)c(F)c1. The van der Waals surface area contributed by atoms with Gasteiger partial charge in [-0.05, 0) is 48.4 Å². The van der Waals surface area contributed by atoms with Gasteiger partial charge in [-0.15, -0.1) is 0 Å². The van der Waals surface area contributed by atoms with Crippen LogP contribution in [0, 0.1) is 5.82 Å². The molecule has 0 aliphatic carbocycles. The largest absolute Gasteiger partial charge is 0.206 e. The molecule has 2 rings (SSSR count). The summed E-state index contributed by atoms with van der Waals surface area (Å²) in [4.78, 5) is 0. The van der Waals surface area contributed by atoms with Crippen LogP contribution >= 0.6 is 0 Å². The lowest BCUT2D eigenvalue weighted by Gasteiger charge is -2.08. The molecule has 0 saturated carbocycles. The topological polar surface area (TPSA) is 0 Å². The molecular formula is C24H33F. The number of benzene rings is 2. The van der Waals surface area contributed by atoms with E-state index < -0.39 is 0 Å². The molecule has 2 aromatic rings. The van der Waals surface area contributed by atoms with Gasteiger partial charge in [0.1, 0.15) is 5.82 Å². The highest BCUT2D eigenvalue weighted by molar-refractivity contribution is 5.64. The quantitative estimate of drug-likeness (QED) is 0.367. The van der Waals surface area contributed by atoms with E-state index in [1.807, 2.05) is 6.07 Å². The zero-order valence-electron chi connectivity index (χ0n) is 16.0. The van der Waals surface area contributed by atoms with E-state index in [-0.39, 0.29) is 5.82 Å². The monoisotopic (exact) mass is 340 g/mol. The highest BCUT2D eigenvalue weighted by Gasteiger charge is 2.06. The van der Waals surface area contributed by atoms with Crippen LogP contribution in [0.15, 0.2) is 42.5 Å². The molecule has 0 fully saturated rings. The third-order valence-corrected chi connectivity index (χ3v) is 4.94. The Morgan fingerprint density at radius 1 is 0.640 bits per heavy atom. The zero-order valence-corrected chi connectivity index (χ0v) is 16.0. The van der Waals surface area contributed by atoms with Crippen LogP contribution < -0.4 is 0 Å². The van der Waals surface area contributed by atoms with Crippen molar-refractivity contribution in [2.75, 3.05) is 0 Å². The van der Waals surface area contributed by atoms with Crippen molar-refractivity contribution < 1.29 is 4.39 Å². The van der Waals surface area contributed by atoms with Crippen molar-refractivity contribution in [1.29, 1.82) is 0 Å². The van der Waals surface area contributed by atoms with E-state index >= 15 is 0 Å². The Bertz CT molecular complexity index is 612. The van der Waals surface area contributed by atoms with Crippen LogP contribution in [0.25, 0.3) is 11.1 Å². The first-order valence-electron chi connectivity index (χ1n) is 10.1. The maximum Gasteiger partial charge on any atom is 0.131 e. The fourth-order valence-corrected chi connectivity index (χ4v) is 3.29. The van der Waals surface area contributed by atoms with Crippen LogP contribution in [0.4, 0.5) is 4.39 Å². The highest BCUT2D eigenvalue weighted by atomic mass is 19.1. The minimum atomic E-state index is -0.0928. The van der Waals surface area contributed by atoms with Crippen molar-refractivity contribution in [3.8, 4) is 11.1 Å². The lowest BCUT2D eigenvalue weighted by atomic mass is 9.98. The minimum absolute atomic E-state index is 0.0928. The summed E-state index contributed by atoms with van der Waals surface area (Å²) >= 11 is 0. The molecule has 0 atom stereocenters. The standard InChI is InChI=1S/C24H33F/c1-3-5-7-8-9-10-12-21-15-18-23(24(25)19-21)22-16-13-20(14-17-22)11-6-4-2/h13-19H,3-12H2,1-2H3. The summed E-state index contributed by atoms with van der Waals surface area (Å²) in [5, 5.41) is 0. The Labute approximate surface area is 153 Å². The molecule has 136 valence electrons. The first-order chi connectivity index (χ1) is 12.2. The maximum absolute atomic E-state index is 14.5. The summed E-state index contributed by atoms with van der Waals surface area (Å²) in [5.74, 6) is -0.0928. The molecular weight excluding hydrogens is 307 g/mol. The van der Waals surface area contributed by atoms with Crippen LogP contribution in [0.3, 0.4) is 0 Å². The molecule has 0 heterocycles. The molecule has 1 heteroatoms. The first kappa shape index (κ1) is 19.7. The second kappa shape index (κ2) is 11.1. The molecule has 0 N–H and O–H groups in total. The predicted octanol–water partition coefficient (Wildman–Crippen LogP) is 7.74. The van der Waals surface area contributed by atoms with E-state index in [0.29, 0.717) is 5.56 Å². The molecule has 0 spiro atoms. The van der Waals surface area contributed by atoms with Crippen molar-refractivity contribution in [3.05, 3.63) is 59.4 Å². The molecule has 0 unspecified atom stereocenters. The van der Waals surface area contributed by atoms with Crippen molar-refractivity contribution in [1.82, 2.24) is 0 Å². The fraction of sp³-hybridized carbons (Fsp3) is 0.500. The number of hydrogen-bond donors (Lipinski definition) is 0. The van der Waals surface area contributed by atoms with Gasteiger partial charge < -0.3 is 0 Å². The maximum atomic E-state index is 14.5. The number of hydrogen-bond acceptors (Lipinski definition) is 0. The summed E-state index contributed by atoms with van der Waals surface area (Å²) in [7, 11) is 0. The van der Waals surface area contributed by atoms with Gasteiger partial charge in [-0.3, -0.25) is 0 Å². The van der Waals surface area contributed by atoms with E-state index in [0.717, 1.165) is 30.4 Å². The molecule has 0 saturated heterocycles. The van der Waals surface area contributed by atoms with Crippen LogP contribution in [0.1, 0.15) is 76.3 Å². The molecule has 0 aliphatic heterocycles. The van der Waals surface area contributed by atoms with Crippen molar-refractivity contribution in [2.45, 2.75) is 78.1 Å². The lowest BCUT2D eigenvalue weighted by molar-refractivity contribution is 0.603. The molecule has 0 nitrogen and oxygen atoms in total. The van der Waals surface area contributed by atoms with Crippen LogP contribution in [0.5, 0.6) is 0 Å². The van der Waals surface area contributed by atoms with Gasteiger partial charge in [0.05, 0.1) is 0 Å². The Kier molecular flexibility index (Phi) is 8.72. The second-order valence-corrected chi connectivity index (χ2v) is 7.13. The number of rotatable bonds is 11. The summed E-state index contributed by atoms with van der Waals surface area (Å²) in [5.41, 5.74) is 4.15. The van der Waals surface area contributed by atoms with Gasteiger partial charge in [0.2, 0.25) is 0 Å². The minimum Gasteiger partial charge on any atom is -0.206 e. The summed E-state index contributed by atoms with van der Waals surface area (Å²) in [6.07, 6.45) is 12.2. The molecule has 0 bridgehead atoms. The first-order valence-corrected chi connectivity index (χ1v) is 10.1. The average Bonchev–Trinajstić information content (AvgIpc) is 2.63. The molecule has 0 aliphatic rings. The van der Waals surface area contributed by atoms with Crippen LogP contribution in [-0.2, 0) is 12.8 Å². The number of halogens is 1. The van der Waals surface area contributed by atoms with Crippen molar-refractivity contribution >= 4 is 0 Å². The number of unbranched alkanes of at least 4 members (excludes halogenated alkanes) is 6. The Morgan fingerprint density at radius 2 is 1.24 bits per heavy atom. The average molecular weight is 341 g/mol. The molecule has 25 heavy (non-hydrogen) atoms. The summed E-state index contributed by atoms with van der Waals surface area (Å²) < 4.78 is 14.5. The normalized spacial score (nSPS) is 11.0. The van der Waals surface area contributed by atoms with Crippen molar-refractivity contribution in [3.63, 3.8) is 0 Å². The van der Waals surface area contributed by atoms with Gasteiger partial charge in [-0.1, -0.05) is 88.8 Å². The predicted molar refractivity (Wildman–Crippen MR) is 108 cm³/mol. The Balaban J connectivity index is 1.90. The fourth-order valence-electron chi connectivity index (χ4n) is 3.29. The third kappa shape index (κ3) is 6.65. The second-order valence-electron chi connectivity index (χ2n) is 7.13. The van der Waals surface area contributed by atoms with E-state index in [2.05, 4.69) is 44.2 Å². The van der Waals surface area contributed by atoms with E-state index in [9.17, 15) is 4.39 Å². The van der Waals surface area contributed by atoms with E-state index in [1.54, 1.807) is 6.07 Å². The Hall–Kier alpha value is -1.63. The highest BCUT2D eigenvalue weighted by Crippen LogP contribution is 2.25. The zero-order chi connectivity index (χ0) is 17.9. The smallest absolute Gasteiger partial charge is 0.131 e. The van der Waals surface area contributed by atoms with Crippen LogP contribution in [0.2, 0.25) is 0 Å². The lowest BCUT2D eigenvalue weighted by Crippen LogP contribution is -1.91. The van der Waals surface area contributed by atoms with E-state index in [1.165, 1.54) is 50.5 Å². The molecule has 2 aromatic carbocycles. The molecule has 0 amide bonds. The van der Waals surface area contributed by atoms with E-state index in [4.69, 9.17) is 0 Å². The summed E-state index contributed by atoms with van der Waals surface area (Å²) in [6.45, 7) is 4.44. The van der Waals surface area contributed by atoms with Gasteiger partial charge >= 0.3 is 0 Å². The van der Waals surface area contributed by atoms with Gasteiger partial charge in [-0.25, -0.2) is 4.39 Å². The summed E-state index contributed by atoms with van der Waals surface area (Å²) in [6, 6.07) is 14.1. The van der Waals surface area contributed by atoms with Gasteiger partial charge in [0.25, 0.3) is 0 Å². The Morgan fingerprint density at radius 3 is 1.92 bits per heavy atom.